The number of allylic oxidation sites excluding steroid dienone is 1. The van der Waals surface area contributed by atoms with Gasteiger partial charge in [-0.2, -0.15) is 0 Å². The molecule has 23 nitrogen and oxygen atoms in total. The summed E-state index contributed by atoms with van der Waals surface area (Å²) in [6.45, 7) is 11.6. The molecule has 6 heterocycles. The van der Waals surface area contributed by atoms with Crippen molar-refractivity contribution in [2.75, 3.05) is 13.2 Å². The van der Waals surface area contributed by atoms with Crippen LogP contribution >= 0.6 is 0 Å². The van der Waals surface area contributed by atoms with E-state index in [1.165, 1.54) is 26.3 Å². The fraction of sp³-hybridized carbons (Fsp3) is 0.961. The molecule has 424 valence electrons. The molecule has 1 spiro atoms. The Hall–Kier alpha value is -1.18. The summed E-state index contributed by atoms with van der Waals surface area (Å²) in [7, 11) is 0. The van der Waals surface area contributed by atoms with Crippen LogP contribution in [0.5, 0.6) is 0 Å². The van der Waals surface area contributed by atoms with E-state index in [0.717, 1.165) is 25.7 Å². The fourth-order valence-corrected chi connectivity index (χ4v) is 15.5. The number of fused-ring (bicyclic) bond motifs is 7. The molecule has 0 aromatic heterocycles. The Morgan fingerprint density at radius 3 is 1.80 bits per heavy atom. The number of hydrogen-bond acceptors (Lipinski definition) is 23. The number of aliphatic hydroxyl groups is 13. The molecule has 74 heavy (non-hydrogen) atoms. The van der Waals surface area contributed by atoms with Gasteiger partial charge in [-0.1, -0.05) is 32.4 Å². The summed E-state index contributed by atoms with van der Waals surface area (Å²) in [5, 5.41) is 144. The van der Waals surface area contributed by atoms with Crippen LogP contribution < -0.4 is 0 Å². The highest BCUT2D eigenvalue weighted by molar-refractivity contribution is 5.29. The molecule has 23 heteroatoms. The zero-order valence-electron chi connectivity index (χ0n) is 43.1. The number of ether oxygens (including phenoxy) is 10. The molecule has 10 aliphatic rings. The summed E-state index contributed by atoms with van der Waals surface area (Å²) in [5.74, 6) is -1.36. The zero-order valence-corrected chi connectivity index (χ0v) is 43.1. The monoisotopic (exact) mass is 1060 g/mol. The smallest absolute Gasteiger partial charge is 0.200 e. The van der Waals surface area contributed by atoms with Crippen molar-refractivity contribution in [1.29, 1.82) is 0 Å². The summed E-state index contributed by atoms with van der Waals surface area (Å²) in [6.07, 6.45) is -25.5. The van der Waals surface area contributed by atoms with Crippen molar-refractivity contribution < 1.29 is 114 Å². The Kier molecular flexibility index (Phi) is 15.3. The van der Waals surface area contributed by atoms with E-state index in [0.29, 0.717) is 19.3 Å². The van der Waals surface area contributed by atoms with Crippen LogP contribution in [0.3, 0.4) is 0 Å². The highest BCUT2D eigenvalue weighted by atomic mass is 16.8. The molecule has 9 fully saturated rings. The van der Waals surface area contributed by atoms with Gasteiger partial charge in [0.25, 0.3) is 0 Å². The van der Waals surface area contributed by atoms with Gasteiger partial charge in [0, 0.05) is 17.8 Å². The quantitative estimate of drug-likeness (QED) is 0.104. The number of rotatable bonds is 9. The summed E-state index contributed by atoms with van der Waals surface area (Å²) in [5.41, 5.74) is -2.05. The van der Waals surface area contributed by atoms with Crippen LogP contribution in [0.15, 0.2) is 11.6 Å². The zero-order chi connectivity index (χ0) is 53.5. The van der Waals surface area contributed by atoms with Crippen molar-refractivity contribution in [3.05, 3.63) is 11.6 Å². The molecular weight excluding hydrogens is 981 g/mol. The van der Waals surface area contributed by atoms with Gasteiger partial charge in [-0.25, -0.2) is 0 Å². The minimum Gasteiger partial charge on any atom is -0.394 e. The Morgan fingerprint density at radius 1 is 0.608 bits per heavy atom. The van der Waals surface area contributed by atoms with Gasteiger partial charge >= 0.3 is 0 Å². The first kappa shape index (κ1) is 56.1. The fourth-order valence-electron chi connectivity index (χ4n) is 15.5. The molecule has 6 aliphatic heterocycles. The van der Waals surface area contributed by atoms with Gasteiger partial charge in [0.1, 0.15) is 91.1 Å². The van der Waals surface area contributed by atoms with Gasteiger partial charge in [0.05, 0.1) is 49.3 Å². The van der Waals surface area contributed by atoms with Crippen LogP contribution in [0.4, 0.5) is 0 Å². The predicted molar refractivity (Wildman–Crippen MR) is 248 cm³/mol. The van der Waals surface area contributed by atoms with Gasteiger partial charge in [0.15, 0.2) is 25.2 Å². The van der Waals surface area contributed by atoms with Gasteiger partial charge in [-0.15, -0.1) is 0 Å². The third-order valence-electron chi connectivity index (χ3n) is 20.0. The van der Waals surface area contributed by atoms with Crippen molar-refractivity contribution in [3.8, 4) is 0 Å². The normalized spacial score (nSPS) is 59.6. The second-order valence-corrected chi connectivity index (χ2v) is 24.4. The molecule has 0 aromatic rings. The van der Waals surface area contributed by atoms with Crippen molar-refractivity contribution >= 4 is 0 Å². The molecule has 13 N–H and O–H groups in total. The van der Waals surface area contributed by atoms with E-state index in [4.69, 9.17) is 47.4 Å². The maximum atomic E-state index is 12.9. The molecule has 6 saturated heterocycles. The third-order valence-corrected chi connectivity index (χ3v) is 20.0. The van der Waals surface area contributed by atoms with E-state index in [2.05, 4.69) is 19.9 Å². The van der Waals surface area contributed by atoms with E-state index in [1.54, 1.807) is 6.92 Å². The van der Waals surface area contributed by atoms with E-state index in [9.17, 15) is 66.4 Å². The van der Waals surface area contributed by atoms with Crippen LogP contribution in [0, 0.1) is 34.5 Å². The highest BCUT2D eigenvalue weighted by Gasteiger charge is 2.78. The average molecular weight is 1060 g/mol. The Morgan fingerprint density at radius 2 is 1.19 bits per heavy atom. The highest BCUT2D eigenvalue weighted by Crippen LogP contribution is 2.72. The molecule has 0 bridgehead atoms. The van der Waals surface area contributed by atoms with Crippen molar-refractivity contribution in [2.45, 2.75) is 258 Å². The average Bonchev–Trinajstić information content (AvgIpc) is 3.72. The van der Waals surface area contributed by atoms with Crippen molar-refractivity contribution in [3.63, 3.8) is 0 Å². The second kappa shape index (κ2) is 20.1. The first-order valence-corrected chi connectivity index (χ1v) is 26.8. The van der Waals surface area contributed by atoms with Crippen LogP contribution in [-0.4, -0.2) is 238 Å². The van der Waals surface area contributed by atoms with Crippen LogP contribution in [0.2, 0.25) is 0 Å². The van der Waals surface area contributed by atoms with Crippen LogP contribution in [0.1, 0.15) is 99.8 Å². The van der Waals surface area contributed by atoms with Gasteiger partial charge < -0.3 is 114 Å². The lowest BCUT2D eigenvalue weighted by Crippen LogP contribution is -2.67. The lowest BCUT2D eigenvalue weighted by atomic mass is 9.46. The summed E-state index contributed by atoms with van der Waals surface area (Å²) in [4.78, 5) is 0. The Bertz CT molecular complexity index is 2040. The molecule has 0 amide bonds. The summed E-state index contributed by atoms with van der Waals surface area (Å²) < 4.78 is 61.3. The SMILES string of the molecule is C[C@@H]1O[C@@H](O[C@@H]2[C@@H](O)[C@@H](O)[C@H](O[C@H]3[C@H](O)[C@@H](O[C@H]4O[C@H](C)[C@@H](O)[C@H](O)[C@@H]4O)[C@H](O[C@H]4CC[C@@]5(C)C(=CC[C@@H]6[C@@H]5CC[C@@]5(C)[C@H]6C[C@@H]6O[C@@]7(OC[C@@](C)(O)C[C@@H]7O)[C@@H](C)[C@@]65O)C4)O[C@@H]3CO)O[C@H]2C)[C@H](O)[C@H](O)[C@H]1O. The number of hydrogen-bond donors (Lipinski definition) is 13. The van der Waals surface area contributed by atoms with Gasteiger partial charge in [-0.3, -0.25) is 0 Å². The summed E-state index contributed by atoms with van der Waals surface area (Å²) in [6, 6.07) is 0. The topological polar surface area (TPSA) is 355 Å². The number of aliphatic hydroxyl groups excluding tert-OH is 11. The third kappa shape index (κ3) is 8.82. The van der Waals surface area contributed by atoms with Crippen molar-refractivity contribution in [1.82, 2.24) is 0 Å². The molecular formula is C51H82O23. The minimum absolute atomic E-state index is 0.0136. The maximum Gasteiger partial charge on any atom is 0.200 e. The van der Waals surface area contributed by atoms with Crippen LogP contribution in [0.25, 0.3) is 0 Å². The van der Waals surface area contributed by atoms with Gasteiger partial charge in [0.2, 0.25) is 5.79 Å². The predicted octanol–water partition coefficient (Wildman–Crippen LogP) is -2.71. The first-order valence-electron chi connectivity index (χ1n) is 26.8. The molecule has 4 aliphatic carbocycles. The lowest BCUT2D eigenvalue weighted by molar-refractivity contribution is -0.394. The minimum atomic E-state index is -1.88. The lowest BCUT2D eigenvalue weighted by Gasteiger charge is -2.60. The van der Waals surface area contributed by atoms with E-state index >= 15 is 0 Å². The first-order chi connectivity index (χ1) is 34.7. The Labute approximate surface area is 430 Å². The molecule has 3 saturated carbocycles. The van der Waals surface area contributed by atoms with Crippen molar-refractivity contribution in [2.24, 2.45) is 34.5 Å². The Balaban J connectivity index is 0.842. The largest absolute Gasteiger partial charge is 0.394 e. The molecule has 0 radical (unpaired) electrons. The molecule has 0 unspecified atom stereocenters. The van der Waals surface area contributed by atoms with Gasteiger partial charge in [-0.05, 0) is 95.8 Å². The van der Waals surface area contributed by atoms with E-state index in [1.807, 2.05) is 6.92 Å². The molecule has 0 aromatic carbocycles. The van der Waals surface area contributed by atoms with E-state index < -0.39 is 176 Å². The standard InChI is InChI=1S/C51H82O23/c1-19-31(54)33(56)36(59)43(66-19)71-40-21(3)68-45(38(61)35(40)58)72-41-28(17-52)70-46(42(39(41)62)73-44-37(60)34(57)32(55)20(2)67-44)69-24-10-12-48(6)23(14-24)8-9-25-26(48)11-13-49(7)27(25)15-30-50(49,64)22(4)51(74-30)29(53)16-47(5,63)18-65-51/h8,19-22,24-46,52-64H,9-18H2,1-7H3/t19-,20+,21-,22-,24-,25+,26-,27-,28+,29-,30-,31-,32+,33+,34-,35-,36+,37-,38+,39-,40-,41+,42+,43-,44+,45-,46+,47-,48-,49-,50+,51-/m0/s1. The van der Waals surface area contributed by atoms with E-state index in [-0.39, 0.29) is 36.2 Å². The molecule has 32 atom stereocenters. The maximum absolute atomic E-state index is 12.9. The second-order valence-electron chi connectivity index (χ2n) is 24.4. The summed E-state index contributed by atoms with van der Waals surface area (Å²) >= 11 is 0. The van der Waals surface area contributed by atoms with Crippen LogP contribution in [-0.2, 0) is 47.4 Å². The molecule has 10 rings (SSSR count).